The van der Waals surface area contributed by atoms with Crippen LogP contribution in [0.15, 0.2) is 48.5 Å². The molecule has 2 N–H and O–H groups in total. The summed E-state index contributed by atoms with van der Waals surface area (Å²) in [7, 11) is 0. The van der Waals surface area contributed by atoms with Gasteiger partial charge in [0.05, 0.1) is 25.7 Å². The molecular formula is C19H21Cl2NO3. The largest absolute Gasteiger partial charge is 0.466 e. The zero-order chi connectivity index (χ0) is 18.2. The Morgan fingerprint density at radius 3 is 2.32 bits per heavy atom. The highest BCUT2D eigenvalue weighted by Gasteiger charge is 2.24. The zero-order valence-electron chi connectivity index (χ0n) is 14.0. The van der Waals surface area contributed by atoms with E-state index in [1.54, 1.807) is 25.1 Å². The summed E-state index contributed by atoms with van der Waals surface area (Å²) in [4.78, 5) is 11.8. The lowest BCUT2D eigenvalue weighted by molar-refractivity contribution is -0.144. The first-order chi connectivity index (χ1) is 12.0. The van der Waals surface area contributed by atoms with Crippen LogP contribution in [0.5, 0.6) is 0 Å². The Hall–Kier alpha value is -1.59. The van der Waals surface area contributed by atoms with Crippen molar-refractivity contribution in [1.29, 1.82) is 0 Å². The molecule has 0 fully saturated rings. The fourth-order valence-electron chi connectivity index (χ4n) is 2.47. The van der Waals surface area contributed by atoms with Crippen LogP contribution in [0.1, 0.15) is 30.6 Å². The molecule has 0 heterocycles. The Balaban J connectivity index is 2.16. The van der Waals surface area contributed by atoms with E-state index in [0.717, 1.165) is 5.56 Å². The van der Waals surface area contributed by atoms with E-state index in [2.05, 4.69) is 0 Å². The summed E-state index contributed by atoms with van der Waals surface area (Å²) in [6.07, 6.45) is -0.429. The molecule has 0 aliphatic heterocycles. The van der Waals surface area contributed by atoms with Gasteiger partial charge in [0.25, 0.3) is 0 Å². The van der Waals surface area contributed by atoms with E-state index in [1.807, 2.05) is 30.3 Å². The molecule has 4 nitrogen and oxygen atoms in total. The van der Waals surface area contributed by atoms with Gasteiger partial charge in [0, 0.05) is 21.7 Å². The first-order valence-corrected chi connectivity index (χ1v) is 8.79. The summed E-state index contributed by atoms with van der Waals surface area (Å²) in [5.74, 6) is -0.352. The van der Waals surface area contributed by atoms with Gasteiger partial charge < -0.3 is 15.2 Å². The van der Waals surface area contributed by atoms with Crippen molar-refractivity contribution in [3.63, 3.8) is 0 Å². The van der Waals surface area contributed by atoms with Crippen LogP contribution in [0, 0.1) is 0 Å². The minimum atomic E-state index is -0.553. The van der Waals surface area contributed by atoms with Crippen molar-refractivity contribution in [3.8, 4) is 0 Å². The third-order valence-corrected chi connectivity index (χ3v) is 4.40. The molecule has 0 aliphatic carbocycles. The van der Waals surface area contributed by atoms with Crippen LogP contribution in [-0.4, -0.2) is 18.6 Å². The summed E-state index contributed by atoms with van der Waals surface area (Å²) < 4.78 is 11.0. The lowest BCUT2D eigenvalue weighted by Crippen LogP contribution is -2.33. The van der Waals surface area contributed by atoms with Gasteiger partial charge in [-0.1, -0.05) is 59.6 Å². The molecule has 2 atom stereocenters. The molecule has 2 rings (SSSR count). The first kappa shape index (κ1) is 19.7. The predicted molar refractivity (Wildman–Crippen MR) is 99.7 cm³/mol. The maximum atomic E-state index is 11.8. The minimum absolute atomic E-state index is 0.0592. The zero-order valence-corrected chi connectivity index (χ0v) is 15.5. The molecule has 0 amide bonds. The van der Waals surface area contributed by atoms with Crippen molar-refractivity contribution in [2.45, 2.75) is 32.1 Å². The minimum Gasteiger partial charge on any atom is -0.466 e. The van der Waals surface area contributed by atoms with Gasteiger partial charge >= 0.3 is 5.97 Å². The van der Waals surface area contributed by atoms with Gasteiger partial charge in [-0.05, 0) is 24.6 Å². The van der Waals surface area contributed by atoms with Crippen LogP contribution >= 0.6 is 23.2 Å². The van der Waals surface area contributed by atoms with E-state index in [4.69, 9.17) is 38.4 Å². The summed E-state index contributed by atoms with van der Waals surface area (Å²) in [6.45, 7) is 2.26. The second kappa shape index (κ2) is 9.78. The monoisotopic (exact) mass is 381 g/mol. The van der Waals surface area contributed by atoms with Crippen molar-refractivity contribution < 1.29 is 14.3 Å². The lowest BCUT2D eigenvalue weighted by atomic mass is 10.00. The molecule has 134 valence electrons. The summed E-state index contributed by atoms with van der Waals surface area (Å²) in [5, 5.41) is 1.05. The van der Waals surface area contributed by atoms with Gasteiger partial charge in [-0.3, -0.25) is 4.79 Å². The molecule has 6 heteroatoms. The number of nitrogens with two attached hydrogens (primary N) is 1. The number of hydrogen-bond acceptors (Lipinski definition) is 4. The smallest absolute Gasteiger partial charge is 0.307 e. The van der Waals surface area contributed by atoms with Crippen molar-refractivity contribution in [2.24, 2.45) is 5.73 Å². The maximum Gasteiger partial charge on any atom is 0.307 e. The van der Waals surface area contributed by atoms with Gasteiger partial charge in [0.1, 0.15) is 0 Å². The highest BCUT2D eigenvalue weighted by atomic mass is 35.5. The Bertz CT molecular complexity index is 674. The molecule has 2 aromatic rings. The Labute approximate surface area is 157 Å². The molecule has 0 bridgehead atoms. The van der Waals surface area contributed by atoms with Gasteiger partial charge in [0.2, 0.25) is 0 Å². The Kier molecular flexibility index (Phi) is 7.72. The van der Waals surface area contributed by atoms with Gasteiger partial charge in [0.15, 0.2) is 0 Å². The standard InChI is InChI=1S/C19H21Cl2NO3/c1-2-24-18(23)11-17(22)19(13-7-4-3-5-8-13)25-12-14-15(20)9-6-10-16(14)21/h3-10,17,19H,2,11-12,22H2,1H3. The molecular weight excluding hydrogens is 361 g/mol. The van der Waals surface area contributed by atoms with E-state index < -0.39 is 12.1 Å². The molecule has 0 saturated carbocycles. The van der Waals surface area contributed by atoms with E-state index in [0.29, 0.717) is 22.2 Å². The highest BCUT2D eigenvalue weighted by Crippen LogP contribution is 2.29. The number of hydrogen-bond donors (Lipinski definition) is 1. The van der Waals surface area contributed by atoms with Crippen LogP contribution in [-0.2, 0) is 20.9 Å². The SMILES string of the molecule is CCOC(=O)CC(N)C(OCc1c(Cl)cccc1Cl)c1ccccc1. The third-order valence-electron chi connectivity index (χ3n) is 3.69. The fourth-order valence-corrected chi connectivity index (χ4v) is 2.98. The van der Waals surface area contributed by atoms with E-state index >= 15 is 0 Å². The van der Waals surface area contributed by atoms with Crippen molar-refractivity contribution in [1.82, 2.24) is 0 Å². The van der Waals surface area contributed by atoms with Gasteiger partial charge in [-0.2, -0.15) is 0 Å². The number of ether oxygens (including phenoxy) is 2. The molecule has 0 radical (unpaired) electrons. The summed E-state index contributed by atoms with van der Waals surface area (Å²) >= 11 is 12.4. The van der Waals surface area contributed by atoms with Crippen molar-refractivity contribution >= 4 is 29.2 Å². The average molecular weight is 382 g/mol. The average Bonchev–Trinajstić information content (AvgIpc) is 2.58. The summed E-state index contributed by atoms with van der Waals surface area (Å²) in [6, 6.07) is 14.2. The second-order valence-corrected chi connectivity index (χ2v) is 6.33. The third kappa shape index (κ3) is 5.72. The fraction of sp³-hybridized carbons (Fsp3) is 0.316. The van der Waals surface area contributed by atoms with Crippen LogP contribution in [0.25, 0.3) is 0 Å². The van der Waals surface area contributed by atoms with E-state index in [9.17, 15) is 4.79 Å². The lowest BCUT2D eigenvalue weighted by Gasteiger charge is -2.25. The normalized spacial score (nSPS) is 13.3. The van der Waals surface area contributed by atoms with E-state index in [1.165, 1.54) is 0 Å². The molecule has 0 aromatic heterocycles. The number of halogens is 2. The summed E-state index contributed by atoms with van der Waals surface area (Å²) in [5.41, 5.74) is 7.80. The number of carbonyl (C=O) groups is 1. The predicted octanol–water partition coefficient (Wildman–Crippen LogP) is 4.53. The number of rotatable bonds is 8. The van der Waals surface area contributed by atoms with Crippen LogP contribution in [0.4, 0.5) is 0 Å². The number of benzene rings is 2. The highest BCUT2D eigenvalue weighted by molar-refractivity contribution is 6.35. The molecule has 2 aromatic carbocycles. The van der Waals surface area contributed by atoms with Crippen LogP contribution in [0.2, 0.25) is 10.0 Å². The molecule has 0 aliphatic rings. The Morgan fingerprint density at radius 1 is 1.08 bits per heavy atom. The van der Waals surface area contributed by atoms with Crippen LogP contribution < -0.4 is 5.73 Å². The second-order valence-electron chi connectivity index (χ2n) is 5.52. The van der Waals surface area contributed by atoms with Crippen molar-refractivity contribution in [2.75, 3.05) is 6.61 Å². The quantitative estimate of drug-likeness (QED) is 0.682. The Morgan fingerprint density at radius 2 is 1.72 bits per heavy atom. The molecule has 25 heavy (non-hydrogen) atoms. The van der Waals surface area contributed by atoms with Crippen LogP contribution in [0.3, 0.4) is 0 Å². The molecule has 2 unspecified atom stereocenters. The number of carbonyl (C=O) groups excluding carboxylic acids is 1. The van der Waals surface area contributed by atoms with Crippen molar-refractivity contribution in [3.05, 3.63) is 69.7 Å². The topological polar surface area (TPSA) is 61.5 Å². The molecule has 0 saturated heterocycles. The number of esters is 1. The van der Waals surface area contributed by atoms with Gasteiger partial charge in [-0.15, -0.1) is 0 Å². The first-order valence-electron chi connectivity index (χ1n) is 8.03. The molecule has 0 spiro atoms. The van der Waals surface area contributed by atoms with E-state index in [-0.39, 0.29) is 19.0 Å². The van der Waals surface area contributed by atoms with Gasteiger partial charge in [-0.25, -0.2) is 0 Å². The maximum absolute atomic E-state index is 11.8.